The van der Waals surface area contributed by atoms with Gasteiger partial charge in [0.25, 0.3) is 5.91 Å². The third kappa shape index (κ3) is 4.04. The van der Waals surface area contributed by atoms with Gasteiger partial charge in [0.1, 0.15) is 0 Å². The van der Waals surface area contributed by atoms with E-state index in [-0.39, 0.29) is 11.8 Å². The number of piperazine rings is 1. The van der Waals surface area contributed by atoms with Crippen molar-refractivity contribution in [2.24, 2.45) is 0 Å². The first kappa shape index (κ1) is 16.0. The van der Waals surface area contributed by atoms with Crippen LogP contribution in [0.2, 0.25) is 0 Å². The number of carbonyl (C=O) groups excluding carboxylic acids is 2. The summed E-state index contributed by atoms with van der Waals surface area (Å²) in [6.45, 7) is 8.90. The van der Waals surface area contributed by atoms with Gasteiger partial charge in [-0.2, -0.15) is 0 Å². The van der Waals surface area contributed by atoms with Crippen LogP contribution in [0.15, 0.2) is 17.5 Å². The van der Waals surface area contributed by atoms with Crippen molar-refractivity contribution in [1.29, 1.82) is 0 Å². The normalized spacial score (nSPS) is 16.0. The van der Waals surface area contributed by atoms with Crippen molar-refractivity contribution < 1.29 is 9.59 Å². The Hall–Kier alpha value is -1.40. The molecule has 2 amide bonds. The highest BCUT2D eigenvalue weighted by Crippen LogP contribution is 2.13. The molecule has 6 heteroatoms. The number of likely N-dealkylation sites (N-methyl/N-ethyl adjacent to an activating group) is 1. The summed E-state index contributed by atoms with van der Waals surface area (Å²) in [4.78, 5) is 31.0. The highest BCUT2D eigenvalue weighted by molar-refractivity contribution is 7.12. The molecule has 5 nitrogen and oxygen atoms in total. The van der Waals surface area contributed by atoms with Gasteiger partial charge >= 0.3 is 0 Å². The van der Waals surface area contributed by atoms with Crippen LogP contribution < -0.4 is 0 Å². The molecular formula is C15H23N3O2S. The van der Waals surface area contributed by atoms with Crippen molar-refractivity contribution in [3.8, 4) is 0 Å². The fourth-order valence-corrected chi connectivity index (χ4v) is 3.22. The van der Waals surface area contributed by atoms with E-state index in [1.54, 1.807) is 0 Å². The molecule has 0 saturated carbocycles. The van der Waals surface area contributed by atoms with Crippen LogP contribution in [-0.4, -0.2) is 72.3 Å². The molecule has 0 atom stereocenters. The van der Waals surface area contributed by atoms with Crippen molar-refractivity contribution in [2.75, 3.05) is 45.8 Å². The second kappa shape index (κ2) is 7.56. The molecule has 0 aliphatic carbocycles. The predicted octanol–water partition coefficient (Wildman–Crippen LogP) is 1.37. The maximum absolute atomic E-state index is 12.2. The Morgan fingerprint density at radius 3 is 2.38 bits per heavy atom. The molecule has 2 heterocycles. The fraction of sp³-hybridized carbons (Fsp3) is 0.600. The zero-order chi connectivity index (χ0) is 15.2. The van der Waals surface area contributed by atoms with Crippen LogP contribution in [0, 0.1) is 0 Å². The third-order valence-corrected chi connectivity index (χ3v) is 4.72. The number of thiophene rings is 1. The summed E-state index contributed by atoms with van der Waals surface area (Å²) in [5, 5.41) is 1.92. The molecule has 0 N–H and O–H groups in total. The van der Waals surface area contributed by atoms with E-state index in [0.29, 0.717) is 19.6 Å². The maximum atomic E-state index is 12.2. The van der Waals surface area contributed by atoms with E-state index in [0.717, 1.165) is 31.1 Å². The van der Waals surface area contributed by atoms with E-state index in [1.165, 1.54) is 11.3 Å². The lowest BCUT2D eigenvalue weighted by atomic mass is 10.3. The molecule has 0 spiro atoms. The van der Waals surface area contributed by atoms with Crippen LogP contribution >= 0.6 is 11.3 Å². The average molecular weight is 309 g/mol. The molecule has 116 valence electrons. The summed E-state index contributed by atoms with van der Waals surface area (Å²) >= 11 is 1.48. The minimum absolute atomic E-state index is 0.111. The number of carbonyl (C=O) groups is 2. The number of rotatable bonds is 5. The molecule has 2 rings (SSSR count). The zero-order valence-electron chi connectivity index (χ0n) is 12.7. The zero-order valence-corrected chi connectivity index (χ0v) is 13.6. The van der Waals surface area contributed by atoms with E-state index in [9.17, 15) is 9.59 Å². The highest BCUT2D eigenvalue weighted by Gasteiger charge is 2.24. The molecule has 0 aromatic carbocycles. The van der Waals surface area contributed by atoms with Gasteiger partial charge in [-0.15, -0.1) is 11.3 Å². The Bertz CT molecular complexity index is 463. The van der Waals surface area contributed by atoms with Crippen molar-refractivity contribution in [3.05, 3.63) is 22.4 Å². The summed E-state index contributed by atoms with van der Waals surface area (Å²) in [7, 11) is 0. The number of amides is 2. The molecule has 0 bridgehead atoms. The largest absolute Gasteiger partial charge is 0.342 e. The summed E-state index contributed by atoms with van der Waals surface area (Å²) in [5.41, 5.74) is 0. The second-order valence-corrected chi connectivity index (χ2v) is 6.06. The van der Waals surface area contributed by atoms with Crippen LogP contribution in [0.3, 0.4) is 0 Å². The van der Waals surface area contributed by atoms with Crippen molar-refractivity contribution >= 4 is 23.2 Å². The summed E-state index contributed by atoms with van der Waals surface area (Å²) in [6, 6.07) is 3.76. The lowest BCUT2D eigenvalue weighted by molar-refractivity contribution is -0.132. The van der Waals surface area contributed by atoms with Crippen LogP contribution in [0.1, 0.15) is 23.5 Å². The van der Waals surface area contributed by atoms with Crippen LogP contribution in [0.5, 0.6) is 0 Å². The summed E-state index contributed by atoms with van der Waals surface area (Å²) in [5.74, 6) is 0.290. The van der Waals surface area contributed by atoms with Gasteiger partial charge in [0, 0.05) is 39.3 Å². The summed E-state index contributed by atoms with van der Waals surface area (Å²) < 4.78 is 0. The topological polar surface area (TPSA) is 43.9 Å². The summed E-state index contributed by atoms with van der Waals surface area (Å²) in [6.07, 6.45) is 0. The van der Waals surface area contributed by atoms with Crippen molar-refractivity contribution in [1.82, 2.24) is 14.7 Å². The van der Waals surface area contributed by atoms with Crippen LogP contribution in [0.4, 0.5) is 0 Å². The van der Waals surface area contributed by atoms with Gasteiger partial charge in [-0.25, -0.2) is 0 Å². The van der Waals surface area contributed by atoms with Gasteiger partial charge in [0.05, 0.1) is 11.4 Å². The fourth-order valence-electron chi connectivity index (χ4n) is 2.53. The number of hydrogen-bond donors (Lipinski definition) is 0. The van der Waals surface area contributed by atoms with E-state index in [1.807, 2.05) is 41.2 Å². The molecule has 1 aliphatic rings. The highest BCUT2D eigenvalue weighted by atomic mass is 32.1. The number of hydrogen-bond acceptors (Lipinski definition) is 4. The molecule has 1 aromatic heterocycles. The minimum Gasteiger partial charge on any atom is -0.342 e. The quantitative estimate of drug-likeness (QED) is 0.825. The van der Waals surface area contributed by atoms with E-state index in [4.69, 9.17) is 0 Å². The first-order valence-corrected chi connectivity index (χ1v) is 8.36. The lowest BCUT2D eigenvalue weighted by Crippen LogP contribution is -2.51. The monoisotopic (exact) mass is 309 g/mol. The SMILES string of the molecule is CCN(CC)C(=O)CN1CCN(C(=O)c2cccs2)CC1. The average Bonchev–Trinajstić information content (AvgIpc) is 3.03. The molecule has 1 aliphatic heterocycles. The molecule has 1 aromatic rings. The first-order chi connectivity index (χ1) is 10.2. The van der Waals surface area contributed by atoms with Crippen molar-refractivity contribution in [2.45, 2.75) is 13.8 Å². The van der Waals surface area contributed by atoms with E-state index < -0.39 is 0 Å². The van der Waals surface area contributed by atoms with E-state index in [2.05, 4.69) is 4.90 Å². The Kier molecular flexibility index (Phi) is 5.76. The van der Waals surface area contributed by atoms with Gasteiger partial charge in [0.15, 0.2) is 0 Å². The van der Waals surface area contributed by atoms with Gasteiger partial charge < -0.3 is 9.80 Å². The standard InChI is InChI=1S/C15H23N3O2S/c1-3-17(4-2)14(19)12-16-7-9-18(10-8-16)15(20)13-6-5-11-21-13/h5-6,11H,3-4,7-10,12H2,1-2H3. The predicted molar refractivity (Wildman–Crippen MR) is 84.6 cm³/mol. The Morgan fingerprint density at radius 1 is 1.19 bits per heavy atom. The molecule has 21 heavy (non-hydrogen) atoms. The van der Waals surface area contributed by atoms with Gasteiger partial charge in [-0.3, -0.25) is 14.5 Å². The lowest BCUT2D eigenvalue weighted by Gasteiger charge is -2.35. The molecular weight excluding hydrogens is 286 g/mol. The Labute approximate surface area is 130 Å². The van der Waals surface area contributed by atoms with Crippen LogP contribution in [-0.2, 0) is 4.79 Å². The van der Waals surface area contributed by atoms with E-state index >= 15 is 0 Å². The minimum atomic E-state index is 0.111. The third-order valence-electron chi connectivity index (χ3n) is 3.87. The molecule has 0 unspecified atom stereocenters. The second-order valence-electron chi connectivity index (χ2n) is 5.11. The van der Waals surface area contributed by atoms with Gasteiger partial charge in [-0.05, 0) is 25.3 Å². The van der Waals surface area contributed by atoms with Crippen molar-refractivity contribution in [3.63, 3.8) is 0 Å². The maximum Gasteiger partial charge on any atom is 0.264 e. The Morgan fingerprint density at radius 2 is 1.86 bits per heavy atom. The smallest absolute Gasteiger partial charge is 0.264 e. The first-order valence-electron chi connectivity index (χ1n) is 7.48. The van der Waals surface area contributed by atoms with Crippen LogP contribution in [0.25, 0.3) is 0 Å². The Balaban J connectivity index is 1.81. The molecule has 0 radical (unpaired) electrons. The molecule has 1 saturated heterocycles. The molecule has 1 fully saturated rings. The van der Waals surface area contributed by atoms with Gasteiger partial charge in [-0.1, -0.05) is 6.07 Å². The van der Waals surface area contributed by atoms with Gasteiger partial charge in [0.2, 0.25) is 5.91 Å². The number of nitrogens with zero attached hydrogens (tertiary/aromatic N) is 3.